The summed E-state index contributed by atoms with van der Waals surface area (Å²) in [6.07, 6.45) is 10.4. The first-order chi connectivity index (χ1) is 16.2. The van der Waals surface area contributed by atoms with E-state index in [0.29, 0.717) is 30.0 Å². The first kappa shape index (κ1) is 23.9. The van der Waals surface area contributed by atoms with Gasteiger partial charge >= 0.3 is 0 Å². The molecule has 0 aromatic carbocycles. The van der Waals surface area contributed by atoms with Crippen LogP contribution in [0.15, 0.2) is 30.6 Å². The highest BCUT2D eigenvalue weighted by Gasteiger charge is 2.22. The molecule has 0 spiro atoms. The molecule has 2 fully saturated rings. The molecule has 1 saturated carbocycles. The largest absolute Gasteiger partial charge is 0.385 e. The van der Waals surface area contributed by atoms with Crippen molar-refractivity contribution in [2.45, 2.75) is 63.6 Å². The number of aromatic nitrogens is 3. The number of methoxy groups -OCH3 is 1. The zero-order valence-corrected chi connectivity index (χ0v) is 19.9. The highest BCUT2D eigenvalue weighted by atomic mass is 16.5. The van der Waals surface area contributed by atoms with Gasteiger partial charge in [0.2, 0.25) is 5.95 Å². The van der Waals surface area contributed by atoms with Gasteiger partial charge in [0, 0.05) is 63.1 Å². The number of ether oxygens (including phenoxy) is 2. The molecule has 33 heavy (non-hydrogen) atoms. The lowest BCUT2D eigenvalue weighted by molar-refractivity contribution is 0.0699. The summed E-state index contributed by atoms with van der Waals surface area (Å²) in [6.45, 7) is 5.63. The van der Waals surface area contributed by atoms with Crippen molar-refractivity contribution >= 4 is 11.6 Å². The molecule has 8 nitrogen and oxygen atoms in total. The van der Waals surface area contributed by atoms with Gasteiger partial charge in [0.1, 0.15) is 0 Å². The van der Waals surface area contributed by atoms with Crippen molar-refractivity contribution in [3.63, 3.8) is 0 Å². The van der Waals surface area contributed by atoms with Crippen LogP contribution in [0, 0.1) is 5.92 Å². The van der Waals surface area contributed by atoms with E-state index in [4.69, 9.17) is 14.5 Å². The molecule has 180 valence electrons. The maximum atomic E-state index is 5.46. The van der Waals surface area contributed by atoms with Crippen LogP contribution >= 0.6 is 0 Å². The Bertz CT molecular complexity index is 852. The molecule has 3 N–H and O–H groups in total. The van der Waals surface area contributed by atoms with Gasteiger partial charge in [0.05, 0.1) is 18.0 Å². The zero-order chi connectivity index (χ0) is 22.9. The Kier molecular flexibility index (Phi) is 8.86. The van der Waals surface area contributed by atoms with Gasteiger partial charge in [0.25, 0.3) is 0 Å². The number of rotatable bonds is 10. The predicted molar refractivity (Wildman–Crippen MR) is 131 cm³/mol. The van der Waals surface area contributed by atoms with Gasteiger partial charge in [-0.15, -0.1) is 0 Å². The summed E-state index contributed by atoms with van der Waals surface area (Å²) in [6, 6.07) is 7.36. The van der Waals surface area contributed by atoms with E-state index in [9.17, 15) is 0 Å². The van der Waals surface area contributed by atoms with Gasteiger partial charge < -0.3 is 25.4 Å². The van der Waals surface area contributed by atoms with Gasteiger partial charge in [-0.3, -0.25) is 4.98 Å². The Morgan fingerprint density at radius 3 is 2.55 bits per heavy atom. The Balaban J connectivity index is 1.30. The molecule has 0 radical (unpaired) electrons. The van der Waals surface area contributed by atoms with Crippen molar-refractivity contribution in [2.24, 2.45) is 5.92 Å². The van der Waals surface area contributed by atoms with E-state index in [2.05, 4.69) is 38.9 Å². The van der Waals surface area contributed by atoms with Crippen LogP contribution in [0.4, 0.5) is 11.6 Å². The van der Waals surface area contributed by atoms with Gasteiger partial charge in [-0.1, -0.05) is 0 Å². The van der Waals surface area contributed by atoms with Crippen LogP contribution in [0.3, 0.4) is 0 Å². The minimum Gasteiger partial charge on any atom is -0.385 e. The molecule has 1 aliphatic carbocycles. The van der Waals surface area contributed by atoms with E-state index < -0.39 is 0 Å². The summed E-state index contributed by atoms with van der Waals surface area (Å²) in [5, 5.41) is 10.8. The normalized spacial score (nSPS) is 22.6. The lowest BCUT2D eigenvalue weighted by Crippen LogP contribution is -2.43. The predicted octanol–water partition coefficient (Wildman–Crippen LogP) is 3.72. The third-order valence-corrected chi connectivity index (χ3v) is 6.61. The van der Waals surface area contributed by atoms with Crippen LogP contribution in [0.1, 0.15) is 45.4 Å². The number of nitrogens with zero attached hydrogens (tertiary/aromatic N) is 3. The maximum Gasteiger partial charge on any atom is 0.223 e. The molecule has 1 unspecified atom stereocenters. The average Bonchev–Trinajstić information content (AvgIpc) is 2.85. The van der Waals surface area contributed by atoms with Gasteiger partial charge in [-0.2, -0.15) is 0 Å². The minimum atomic E-state index is 0.388. The van der Waals surface area contributed by atoms with Crippen molar-refractivity contribution in [3.05, 3.63) is 30.6 Å². The van der Waals surface area contributed by atoms with E-state index in [0.717, 1.165) is 82.0 Å². The quantitative estimate of drug-likeness (QED) is 0.500. The van der Waals surface area contributed by atoms with Crippen molar-refractivity contribution in [3.8, 4) is 11.4 Å². The third-order valence-electron chi connectivity index (χ3n) is 6.61. The lowest BCUT2D eigenvalue weighted by atomic mass is 9.91. The van der Waals surface area contributed by atoms with Crippen LogP contribution in [-0.2, 0) is 9.47 Å². The van der Waals surface area contributed by atoms with Crippen molar-refractivity contribution in [2.75, 3.05) is 44.1 Å². The summed E-state index contributed by atoms with van der Waals surface area (Å²) in [5.74, 6) is 1.35. The van der Waals surface area contributed by atoms with Crippen LogP contribution in [0.25, 0.3) is 11.4 Å². The molecule has 1 atom stereocenters. The smallest absolute Gasteiger partial charge is 0.223 e. The zero-order valence-electron chi connectivity index (χ0n) is 19.9. The Labute approximate surface area is 197 Å². The number of pyridine rings is 1. The van der Waals surface area contributed by atoms with Crippen molar-refractivity contribution < 1.29 is 9.47 Å². The SMILES string of the molecule is COCC(C)NC1CCC(Nc2nccc(-c3cc(NCC4CCOCC4)ccn3)n2)CC1. The molecule has 4 rings (SSSR count). The average molecular weight is 455 g/mol. The van der Waals surface area contributed by atoms with Crippen molar-refractivity contribution in [1.29, 1.82) is 0 Å². The maximum absolute atomic E-state index is 5.46. The third kappa shape index (κ3) is 7.35. The molecule has 8 heteroatoms. The summed E-state index contributed by atoms with van der Waals surface area (Å²) in [7, 11) is 1.75. The number of hydrogen-bond acceptors (Lipinski definition) is 8. The number of hydrogen-bond donors (Lipinski definition) is 3. The second-order valence-electron chi connectivity index (χ2n) is 9.35. The summed E-state index contributed by atoms with van der Waals surface area (Å²) in [5.41, 5.74) is 2.77. The van der Waals surface area contributed by atoms with Crippen LogP contribution in [0.2, 0.25) is 0 Å². The van der Waals surface area contributed by atoms with Gasteiger partial charge in [0.15, 0.2) is 0 Å². The molecule has 3 heterocycles. The molecule has 2 aromatic rings. The molecule has 1 aliphatic heterocycles. The summed E-state index contributed by atoms with van der Waals surface area (Å²) < 4.78 is 10.7. The first-order valence-electron chi connectivity index (χ1n) is 12.3. The summed E-state index contributed by atoms with van der Waals surface area (Å²) >= 11 is 0. The molecular formula is C25H38N6O2. The Morgan fingerprint density at radius 1 is 1.00 bits per heavy atom. The molecule has 0 amide bonds. The fourth-order valence-electron chi connectivity index (χ4n) is 4.75. The standard InChI is InChI=1S/C25H38N6O2/c1-18(17-32-2)29-20-3-5-21(6-4-20)30-25-27-12-8-23(31-25)24-15-22(7-11-26-24)28-16-19-9-13-33-14-10-19/h7-8,11-12,15,18-21,29H,3-6,9-10,13-14,16-17H2,1-2H3,(H,26,28)(H,27,30,31). The second-order valence-corrected chi connectivity index (χ2v) is 9.35. The monoisotopic (exact) mass is 454 g/mol. The van der Waals surface area contributed by atoms with E-state index in [-0.39, 0.29) is 0 Å². The van der Waals surface area contributed by atoms with E-state index in [1.165, 1.54) is 0 Å². The summed E-state index contributed by atoms with van der Waals surface area (Å²) in [4.78, 5) is 13.8. The van der Waals surface area contributed by atoms with E-state index >= 15 is 0 Å². The molecular weight excluding hydrogens is 416 g/mol. The highest BCUT2D eigenvalue weighted by Crippen LogP contribution is 2.24. The molecule has 1 saturated heterocycles. The van der Waals surface area contributed by atoms with Crippen LogP contribution in [0.5, 0.6) is 0 Å². The van der Waals surface area contributed by atoms with Crippen LogP contribution in [-0.4, -0.2) is 66.6 Å². The van der Waals surface area contributed by atoms with E-state index in [1.54, 1.807) is 7.11 Å². The van der Waals surface area contributed by atoms with Gasteiger partial charge in [-0.05, 0) is 69.6 Å². The number of nitrogens with one attached hydrogen (secondary N) is 3. The molecule has 2 aromatic heterocycles. The Hall–Kier alpha value is -2.29. The topological polar surface area (TPSA) is 93.2 Å². The Morgan fingerprint density at radius 2 is 1.76 bits per heavy atom. The van der Waals surface area contributed by atoms with Crippen molar-refractivity contribution in [1.82, 2.24) is 20.3 Å². The highest BCUT2D eigenvalue weighted by molar-refractivity contribution is 5.61. The van der Waals surface area contributed by atoms with Gasteiger partial charge in [-0.25, -0.2) is 9.97 Å². The fraction of sp³-hybridized carbons (Fsp3) is 0.640. The van der Waals surface area contributed by atoms with Crippen LogP contribution < -0.4 is 16.0 Å². The molecule has 0 bridgehead atoms. The van der Waals surface area contributed by atoms with E-state index in [1.807, 2.05) is 24.5 Å². The second kappa shape index (κ2) is 12.3. The first-order valence-corrected chi connectivity index (χ1v) is 12.3. The number of anilines is 2. The lowest BCUT2D eigenvalue weighted by Gasteiger charge is -2.31. The minimum absolute atomic E-state index is 0.388. The fourth-order valence-corrected chi connectivity index (χ4v) is 4.75. The molecule has 2 aliphatic rings.